The van der Waals surface area contributed by atoms with Crippen LogP contribution >= 0.6 is 0 Å². The molecule has 4 unspecified atom stereocenters. The van der Waals surface area contributed by atoms with Crippen molar-refractivity contribution in [2.75, 3.05) is 0 Å². The Morgan fingerprint density at radius 3 is 1.29 bits per heavy atom. The summed E-state index contributed by atoms with van der Waals surface area (Å²) in [6.45, 7) is 23.0. The van der Waals surface area contributed by atoms with Gasteiger partial charge in [0.1, 0.15) is 18.1 Å². The van der Waals surface area contributed by atoms with Crippen LogP contribution in [0.1, 0.15) is 215 Å². The van der Waals surface area contributed by atoms with Crippen LogP contribution in [0.15, 0.2) is 164 Å². The van der Waals surface area contributed by atoms with Crippen LogP contribution in [0, 0.1) is 23.7 Å². The van der Waals surface area contributed by atoms with E-state index in [2.05, 4.69) is 219 Å². The summed E-state index contributed by atoms with van der Waals surface area (Å²) in [6.07, 6.45) is 23.3. The van der Waals surface area contributed by atoms with Crippen molar-refractivity contribution in [3.05, 3.63) is 214 Å². The fourth-order valence-corrected chi connectivity index (χ4v) is 18.6. The lowest BCUT2D eigenvalue weighted by atomic mass is 9.81. The number of carbonyl (C=O) groups is 1. The van der Waals surface area contributed by atoms with E-state index in [4.69, 9.17) is 18.9 Å². The van der Waals surface area contributed by atoms with Crippen LogP contribution in [0.4, 0.5) is 0 Å². The Kier molecular flexibility index (Phi) is 21.6. The van der Waals surface area contributed by atoms with Crippen LogP contribution in [0.5, 0.6) is 11.5 Å². The number of unbranched alkanes of at least 4 members (excludes halogenated alkanes) is 4. The monoisotopic (exact) mass is 1380 g/mol. The second-order valence-corrected chi connectivity index (χ2v) is 31.3. The maximum Gasteiger partial charge on any atom is 0.308 e. The van der Waals surface area contributed by atoms with Gasteiger partial charge in [0.15, 0.2) is 0 Å². The van der Waals surface area contributed by atoms with Gasteiger partial charge in [-0.3, -0.25) is 4.79 Å². The molecule has 13 aromatic rings. The molecule has 15 rings (SSSR count). The van der Waals surface area contributed by atoms with E-state index in [1.54, 1.807) is 6.92 Å². The molecule has 2 heterocycles. The number of rotatable bonds is 31. The van der Waals surface area contributed by atoms with Crippen LogP contribution < -0.4 is 9.47 Å². The molecular weight excluding hydrogens is 1270 g/mol. The average molecular weight is 1380 g/mol. The maximum absolute atomic E-state index is 14.5. The second kappa shape index (κ2) is 31.6. The molecule has 13 aromatic carbocycles. The van der Waals surface area contributed by atoms with E-state index in [0.29, 0.717) is 55.8 Å². The Labute approximate surface area is 618 Å². The van der Waals surface area contributed by atoms with Gasteiger partial charge in [0, 0.05) is 29.2 Å². The molecule has 2 aliphatic heterocycles. The molecule has 0 radical (unpaired) electrons. The minimum atomic E-state index is -0.344. The van der Waals surface area contributed by atoms with Crippen molar-refractivity contribution < 1.29 is 23.7 Å². The normalized spacial score (nSPS) is 14.3. The molecule has 104 heavy (non-hydrogen) atoms. The van der Waals surface area contributed by atoms with Crippen molar-refractivity contribution in [1.82, 2.24) is 0 Å². The molecule has 0 saturated carbocycles. The van der Waals surface area contributed by atoms with E-state index in [1.807, 2.05) is 0 Å². The first-order valence-corrected chi connectivity index (χ1v) is 40.4. The first kappa shape index (κ1) is 71.0. The molecule has 2 aliphatic rings. The summed E-state index contributed by atoms with van der Waals surface area (Å²) in [7, 11) is 0. The van der Waals surface area contributed by atoms with Crippen LogP contribution in [-0.4, -0.2) is 5.97 Å². The molecule has 0 saturated heterocycles. The number of hydrogen-bond donors (Lipinski definition) is 0. The summed E-state index contributed by atoms with van der Waals surface area (Å²) in [6, 6.07) is 63.5. The summed E-state index contributed by atoms with van der Waals surface area (Å²) in [5, 5.41) is 20.1. The topological polar surface area (TPSA) is 54.0 Å². The van der Waals surface area contributed by atoms with Gasteiger partial charge in [-0.05, 0) is 239 Å². The highest BCUT2D eigenvalue weighted by atomic mass is 16.5. The van der Waals surface area contributed by atoms with E-state index in [1.165, 1.54) is 203 Å². The van der Waals surface area contributed by atoms with Crippen LogP contribution in [0.25, 0.3) is 120 Å². The second-order valence-electron chi connectivity index (χ2n) is 31.3. The Bertz CT molecular complexity index is 5110. The predicted molar refractivity (Wildman–Crippen MR) is 441 cm³/mol. The molecule has 0 spiro atoms. The van der Waals surface area contributed by atoms with Gasteiger partial charge in [0.05, 0.1) is 26.4 Å². The van der Waals surface area contributed by atoms with E-state index in [9.17, 15) is 4.79 Å². The van der Waals surface area contributed by atoms with Crippen molar-refractivity contribution in [2.24, 2.45) is 23.7 Å². The number of ether oxygens (including phenoxy) is 4. The molecule has 0 fully saturated rings. The van der Waals surface area contributed by atoms with E-state index in [-0.39, 0.29) is 12.6 Å². The van der Waals surface area contributed by atoms with Gasteiger partial charge in [-0.25, -0.2) is 0 Å². The molecule has 534 valence electrons. The highest BCUT2D eigenvalue weighted by molar-refractivity contribution is 6.36. The molecule has 0 N–H and O–H groups in total. The third-order valence-corrected chi connectivity index (χ3v) is 24.4. The third-order valence-electron chi connectivity index (χ3n) is 24.4. The smallest absolute Gasteiger partial charge is 0.308 e. The first-order chi connectivity index (χ1) is 51.0. The Hall–Kier alpha value is -8.61. The zero-order valence-electron chi connectivity index (χ0n) is 63.6. The number of esters is 1. The van der Waals surface area contributed by atoms with Crippen LogP contribution in [-0.2, 0) is 73.0 Å². The maximum atomic E-state index is 14.5. The van der Waals surface area contributed by atoms with Gasteiger partial charge in [0.25, 0.3) is 0 Å². The highest BCUT2D eigenvalue weighted by Crippen LogP contribution is 2.53. The summed E-state index contributed by atoms with van der Waals surface area (Å²) < 4.78 is 26.8. The minimum Gasteiger partial charge on any atom is -0.489 e. The summed E-state index contributed by atoms with van der Waals surface area (Å²) in [5.41, 5.74) is 17.8. The summed E-state index contributed by atoms with van der Waals surface area (Å²) in [5.74, 6) is 3.38. The third kappa shape index (κ3) is 13.9. The van der Waals surface area contributed by atoms with Gasteiger partial charge in [-0.1, -0.05) is 279 Å². The standard InChI is InChI=1S/C99H108O5/c1-10-18-24-63(14-5)46-67-32-41-80-76(50-67)54-87-71(48-65(16-7)26-20-12-3)28-22-30-82(87)94(80)90-52-69(53-91(99(90)104-62(9)100)95-81-42-33-68(47-64(15-6)25-19-11-2)51-77(81)55-88-72(29-23-31-83(88)95)49-66(17-8)27-21-13-4)57-103-79-39-34-70(35-40-79)89-56-78-61-102-60-75-37-44-85-84-43-36-73-58-101-59-74-38-45-86(96(84)92(73)74)97(89)98(85)93(75)78/h22-23,28-45,50-56,63-66H,10-21,24-27,46-49,57-61H2,1-9H3. The number of hydrogen-bond acceptors (Lipinski definition) is 5. The minimum absolute atomic E-state index is 0.273. The Balaban J connectivity index is 0.945. The van der Waals surface area contributed by atoms with Gasteiger partial charge < -0.3 is 18.9 Å². The van der Waals surface area contributed by atoms with Gasteiger partial charge >= 0.3 is 5.97 Å². The summed E-state index contributed by atoms with van der Waals surface area (Å²) in [4.78, 5) is 14.5. The molecule has 5 heteroatoms. The lowest BCUT2D eigenvalue weighted by Gasteiger charge is -2.26. The quantitative estimate of drug-likeness (QED) is 0.0188. The largest absolute Gasteiger partial charge is 0.489 e. The molecular formula is C99H108O5. The molecule has 0 bridgehead atoms. The molecule has 4 atom stereocenters. The number of fused-ring (bicyclic) bond motifs is 6. The van der Waals surface area contributed by atoms with E-state index in [0.717, 1.165) is 101 Å². The van der Waals surface area contributed by atoms with Crippen molar-refractivity contribution in [1.29, 1.82) is 0 Å². The highest BCUT2D eigenvalue weighted by Gasteiger charge is 2.29. The zero-order chi connectivity index (χ0) is 71.5. The Morgan fingerprint density at radius 2 is 0.817 bits per heavy atom. The van der Waals surface area contributed by atoms with Gasteiger partial charge in [-0.2, -0.15) is 0 Å². The molecule has 0 aromatic heterocycles. The van der Waals surface area contributed by atoms with Crippen molar-refractivity contribution in [2.45, 2.75) is 224 Å². The van der Waals surface area contributed by atoms with Crippen molar-refractivity contribution in [3.63, 3.8) is 0 Å². The van der Waals surface area contributed by atoms with Crippen LogP contribution in [0.2, 0.25) is 0 Å². The summed E-state index contributed by atoms with van der Waals surface area (Å²) >= 11 is 0. The molecule has 0 amide bonds. The average Bonchev–Trinajstić information content (AvgIpc) is 0.699. The SMILES string of the molecule is CCCCC(CC)Cc1ccc2c(-c3cc(COc4ccc(-c5cc6c7c(ccc8c9ccc%10c%11c(ccc(c5c78)c%119)COC%10)COC6)cc4)cc(-c4c5ccc(CC(CC)CCCC)cc5cc5c(CC(CC)CCCC)cccc45)c3OC(C)=O)c3cccc(CC(CC)CCCC)c3cc2c1. The lowest BCUT2D eigenvalue weighted by Crippen LogP contribution is -2.08. The predicted octanol–water partition coefficient (Wildman–Crippen LogP) is 28.0. The first-order valence-electron chi connectivity index (χ1n) is 40.4. The van der Waals surface area contributed by atoms with Crippen LogP contribution in [0.3, 0.4) is 0 Å². The molecule has 5 nitrogen and oxygen atoms in total. The zero-order valence-corrected chi connectivity index (χ0v) is 63.6. The number of carbonyl (C=O) groups excluding carboxylic acids is 1. The molecule has 0 aliphatic carbocycles. The van der Waals surface area contributed by atoms with E-state index >= 15 is 0 Å². The van der Waals surface area contributed by atoms with Crippen molar-refractivity contribution in [3.8, 4) is 44.9 Å². The van der Waals surface area contributed by atoms with Gasteiger partial charge in [0.2, 0.25) is 0 Å². The van der Waals surface area contributed by atoms with E-state index < -0.39 is 0 Å². The Morgan fingerprint density at radius 1 is 0.375 bits per heavy atom. The van der Waals surface area contributed by atoms with Gasteiger partial charge in [-0.15, -0.1) is 0 Å². The number of benzene rings is 13. The lowest BCUT2D eigenvalue weighted by molar-refractivity contribution is -0.131. The fourth-order valence-electron chi connectivity index (χ4n) is 18.6. The fraction of sp³-hybridized carbons (Fsp3) is 0.384. The van der Waals surface area contributed by atoms with Crippen molar-refractivity contribution >= 4 is 92.1 Å².